The minimum atomic E-state index is -6.71. The van der Waals surface area contributed by atoms with Crippen LogP contribution in [0, 0.1) is 9.39 Å². The molecule has 1 aromatic heterocycles. The van der Waals surface area contributed by atoms with Crippen molar-refractivity contribution < 1.29 is 57.9 Å². The van der Waals surface area contributed by atoms with Gasteiger partial charge in [0, 0.05) is 22.4 Å². The van der Waals surface area contributed by atoms with Crippen molar-refractivity contribution in [3.05, 3.63) is 85.5 Å². The van der Waals surface area contributed by atoms with Gasteiger partial charge < -0.3 is 10.2 Å². The highest BCUT2D eigenvalue weighted by atomic mass is 127. The van der Waals surface area contributed by atoms with E-state index < -0.39 is 79.5 Å². The van der Waals surface area contributed by atoms with E-state index in [0.29, 0.717) is 0 Å². The summed E-state index contributed by atoms with van der Waals surface area (Å²) in [4.78, 5) is 30.0. The number of hydrogen-bond donors (Lipinski definition) is 1. The number of benzene rings is 2. The van der Waals surface area contributed by atoms with Gasteiger partial charge in [-0.1, -0.05) is 17.7 Å². The van der Waals surface area contributed by atoms with Crippen LogP contribution in [0.25, 0.3) is 0 Å². The van der Waals surface area contributed by atoms with Gasteiger partial charge in [0.25, 0.3) is 11.8 Å². The molecule has 0 aliphatic carbocycles. The van der Waals surface area contributed by atoms with Gasteiger partial charge in [-0.3, -0.25) is 9.59 Å². The summed E-state index contributed by atoms with van der Waals surface area (Å²) in [5.74, 6) is -3.90. The molecule has 2 aromatic carbocycles. The van der Waals surface area contributed by atoms with Crippen molar-refractivity contribution in [1.29, 1.82) is 0 Å². The van der Waals surface area contributed by atoms with E-state index in [0.717, 1.165) is 58.9 Å². The third-order valence-corrected chi connectivity index (χ3v) is 6.75. The van der Waals surface area contributed by atoms with E-state index in [1.165, 1.54) is 12.1 Å². The summed E-state index contributed by atoms with van der Waals surface area (Å²) in [6, 6.07) is 4.44. The summed E-state index contributed by atoms with van der Waals surface area (Å²) >= 11 is 6.52. The molecule has 3 rings (SSSR count). The van der Waals surface area contributed by atoms with Gasteiger partial charge in [0.1, 0.15) is 5.15 Å². The number of amides is 2. The molecule has 0 saturated carbocycles. The summed E-state index contributed by atoms with van der Waals surface area (Å²) in [6.45, 7) is 0. The lowest BCUT2D eigenvalue weighted by molar-refractivity contribution is -0.348. The van der Waals surface area contributed by atoms with E-state index in [4.69, 9.17) is 11.6 Å². The number of nitrogens with zero attached hydrogens (tertiary/aromatic N) is 2. The molecule has 18 heteroatoms. The molecule has 3 aromatic rings. The monoisotopic (exact) mass is 745 g/mol. The number of nitrogens with one attached hydrogen (secondary N) is 1. The summed E-state index contributed by atoms with van der Waals surface area (Å²) in [5.41, 5.74) is -13.8. The molecule has 0 spiro atoms. The molecule has 1 heterocycles. The highest BCUT2D eigenvalue weighted by molar-refractivity contribution is 14.1. The van der Waals surface area contributed by atoms with E-state index >= 15 is 4.39 Å². The van der Waals surface area contributed by atoms with Crippen LogP contribution in [0.1, 0.15) is 31.8 Å². The lowest BCUT2D eigenvalue weighted by Gasteiger charge is -2.31. The number of anilines is 2. The van der Waals surface area contributed by atoms with Gasteiger partial charge in [0.05, 0.1) is 28.1 Å². The van der Waals surface area contributed by atoms with Crippen LogP contribution in [0.4, 0.5) is 59.7 Å². The Labute approximate surface area is 246 Å². The third kappa shape index (κ3) is 6.25. The van der Waals surface area contributed by atoms with E-state index in [-0.39, 0.29) is 16.8 Å². The number of hydrogen-bond acceptors (Lipinski definition) is 3. The molecule has 0 aliphatic rings. The number of pyridine rings is 1. The SMILES string of the molecule is CN(C(=O)c1ccc(Cl)nc1)c1cccc(C(=O)Nc2c(I)cc(C(F)(C(F)(F)F)C(F)(F)F)cc2C(F)(F)F)c1F. The Bertz CT molecular complexity index is 1510. The summed E-state index contributed by atoms with van der Waals surface area (Å²) in [6.07, 6.45) is -18.1. The maximum Gasteiger partial charge on any atom is 0.435 e. The Kier molecular flexibility index (Phi) is 9.08. The second-order valence-electron chi connectivity index (χ2n) is 8.36. The second-order valence-corrected chi connectivity index (χ2v) is 9.91. The van der Waals surface area contributed by atoms with Gasteiger partial charge in [0.2, 0.25) is 0 Å². The van der Waals surface area contributed by atoms with E-state index in [1.807, 2.05) is 0 Å². The topological polar surface area (TPSA) is 62.3 Å². The molecule has 0 saturated heterocycles. The summed E-state index contributed by atoms with van der Waals surface area (Å²) < 4.78 is 149. The summed E-state index contributed by atoms with van der Waals surface area (Å²) in [7, 11) is 1.09. The molecule has 0 atom stereocenters. The number of rotatable bonds is 5. The second kappa shape index (κ2) is 11.5. The maximum atomic E-state index is 15.3. The molecule has 0 radical (unpaired) electrons. The minimum absolute atomic E-state index is 0.0361. The Hall–Kier alpha value is -3.22. The molecule has 1 N–H and O–H groups in total. The van der Waals surface area contributed by atoms with Gasteiger partial charge in [-0.05, 0) is 59.0 Å². The fraction of sp³-hybridized carbons (Fsp3) is 0.208. The lowest BCUT2D eigenvalue weighted by Crippen LogP contribution is -2.50. The van der Waals surface area contributed by atoms with Crippen molar-refractivity contribution in [2.24, 2.45) is 0 Å². The quantitative estimate of drug-likeness (QED) is 0.163. The van der Waals surface area contributed by atoms with Crippen LogP contribution >= 0.6 is 34.2 Å². The van der Waals surface area contributed by atoms with E-state index in [2.05, 4.69) is 4.98 Å². The predicted molar refractivity (Wildman–Crippen MR) is 135 cm³/mol. The van der Waals surface area contributed by atoms with Crippen LogP contribution in [-0.2, 0) is 11.8 Å². The fourth-order valence-electron chi connectivity index (χ4n) is 3.58. The van der Waals surface area contributed by atoms with Crippen LogP contribution in [0.5, 0.6) is 0 Å². The Balaban J connectivity index is 2.07. The highest BCUT2D eigenvalue weighted by Gasteiger charge is 2.73. The van der Waals surface area contributed by atoms with E-state index in [9.17, 15) is 53.5 Å². The first-order valence-corrected chi connectivity index (χ1v) is 12.3. The van der Waals surface area contributed by atoms with Crippen LogP contribution in [-0.4, -0.2) is 36.2 Å². The predicted octanol–water partition coefficient (Wildman–Crippen LogP) is 8.32. The zero-order chi connectivity index (χ0) is 32.0. The maximum absolute atomic E-state index is 15.3. The Morgan fingerprint density at radius 1 is 0.929 bits per heavy atom. The molecule has 2 amide bonds. The Morgan fingerprint density at radius 3 is 2.02 bits per heavy atom. The van der Waals surface area contributed by atoms with Crippen molar-refractivity contribution in [1.82, 2.24) is 4.98 Å². The fourth-order valence-corrected chi connectivity index (χ4v) is 4.46. The first-order valence-electron chi connectivity index (χ1n) is 10.8. The zero-order valence-electron chi connectivity index (χ0n) is 20.2. The first-order chi connectivity index (χ1) is 19.1. The molecule has 0 bridgehead atoms. The van der Waals surface area contributed by atoms with Crippen molar-refractivity contribution in [3.8, 4) is 0 Å². The molecular formula is C24H12ClF11IN3O2. The molecule has 226 valence electrons. The van der Waals surface area contributed by atoms with Gasteiger partial charge in [0.15, 0.2) is 5.82 Å². The van der Waals surface area contributed by atoms with E-state index in [1.54, 1.807) is 5.32 Å². The van der Waals surface area contributed by atoms with Crippen LogP contribution in [0.15, 0.2) is 48.7 Å². The highest BCUT2D eigenvalue weighted by Crippen LogP contribution is 2.54. The normalized spacial score (nSPS) is 12.7. The number of carbonyl (C=O) groups excluding carboxylic acids is 2. The third-order valence-electron chi connectivity index (χ3n) is 5.68. The lowest BCUT2D eigenvalue weighted by atomic mass is 9.92. The van der Waals surface area contributed by atoms with Gasteiger partial charge in [-0.25, -0.2) is 13.8 Å². The van der Waals surface area contributed by atoms with Gasteiger partial charge in [-0.15, -0.1) is 0 Å². The molecule has 0 fully saturated rings. The van der Waals surface area contributed by atoms with Crippen molar-refractivity contribution in [2.45, 2.75) is 24.2 Å². The van der Waals surface area contributed by atoms with Crippen molar-refractivity contribution in [3.63, 3.8) is 0 Å². The van der Waals surface area contributed by atoms with Crippen molar-refractivity contribution in [2.75, 3.05) is 17.3 Å². The smallest absolute Gasteiger partial charge is 0.320 e. The number of alkyl halides is 10. The van der Waals surface area contributed by atoms with Gasteiger partial charge >= 0.3 is 24.2 Å². The summed E-state index contributed by atoms with van der Waals surface area (Å²) in [5, 5.41) is 1.65. The minimum Gasteiger partial charge on any atom is -0.320 e. The standard InChI is InChI=1S/C24H12ClF11IN3O2/c1-40(20(42)10-5-6-16(25)38-9-10)15-4-2-3-12(17(15)26)19(41)39-18-13(22(28,29)30)7-11(8-14(18)37)21(27,23(31,32)33)24(34,35)36/h2-9H,1H3,(H,39,41). The Morgan fingerprint density at radius 2 is 1.52 bits per heavy atom. The van der Waals surface area contributed by atoms with Crippen LogP contribution in [0.3, 0.4) is 0 Å². The van der Waals surface area contributed by atoms with Gasteiger partial charge in [-0.2, -0.15) is 39.5 Å². The average Bonchev–Trinajstić information content (AvgIpc) is 2.86. The molecular weight excluding hydrogens is 734 g/mol. The molecule has 42 heavy (non-hydrogen) atoms. The zero-order valence-corrected chi connectivity index (χ0v) is 23.2. The molecule has 0 unspecified atom stereocenters. The molecule has 0 aliphatic heterocycles. The number of carbonyl (C=O) groups is 2. The number of aromatic nitrogens is 1. The number of halogens is 13. The average molecular weight is 746 g/mol. The first kappa shape index (κ1) is 33.3. The van der Waals surface area contributed by atoms with Crippen LogP contribution < -0.4 is 10.2 Å². The van der Waals surface area contributed by atoms with Crippen molar-refractivity contribution >= 4 is 57.4 Å². The van der Waals surface area contributed by atoms with Crippen LogP contribution in [0.2, 0.25) is 5.15 Å². The molecule has 5 nitrogen and oxygen atoms in total. The largest absolute Gasteiger partial charge is 0.435 e.